The van der Waals surface area contributed by atoms with Crippen molar-refractivity contribution in [3.63, 3.8) is 0 Å². The van der Waals surface area contributed by atoms with Crippen molar-refractivity contribution in [2.24, 2.45) is 11.8 Å². The highest BCUT2D eigenvalue weighted by molar-refractivity contribution is 6.00. The zero-order valence-corrected chi connectivity index (χ0v) is 23.3. The van der Waals surface area contributed by atoms with Crippen LogP contribution < -0.4 is 5.32 Å². The van der Waals surface area contributed by atoms with Crippen molar-refractivity contribution in [1.82, 2.24) is 5.32 Å². The van der Waals surface area contributed by atoms with Crippen molar-refractivity contribution in [3.8, 4) is 0 Å². The first-order valence-electron chi connectivity index (χ1n) is 12.6. The first kappa shape index (κ1) is 32.3. The first-order valence-corrected chi connectivity index (χ1v) is 12.6. The minimum absolute atomic E-state index is 0.0391. The molecule has 1 aliphatic heterocycles. The average molecular weight is 529 g/mol. The van der Waals surface area contributed by atoms with Crippen molar-refractivity contribution in [1.29, 1.82) is 0 Å². The number of aliphatic hydroxyl groups excluding tert-OH is 1. The quantitative estimate of drug-likeness (QED) is 0.180. The molecule has 1 aromatic carbocycles. The number of dihydropyridines is 1. The van der Waals surface area contributed by atoms with E-state index in [4.69, 9.17) is 14.6 Å². The number of hydrogen-bond acceptors (Lipinski definition) is 8. The molecule has 0 aliphatic carbocycles. The number of nitrogens with zero attached hydrogens (tertiary/aromatic N) is 1. The van der Waals surface area contributed by atoms with Crippen LogP contribution in [0.4, 0.5) is 5.69 Å². The summed E-state index contributed by atoms with van der Waals surface area (Å²) in [5, 5.41) is 22.6. The number of carbonyl (C=O) groups excluding carboxylic acids is 2. The summed E-state index contributed by atoms with van der Waals surface area (Å²) in [4.78, 5) is 37.0. The van der Waals surface area contributed by atoms with Gasteiger partial charge in [0.1, 0.15) is 6.61 Å². The number of nitro groups is 1. The lowest BCUT2D eigenvalue weighted by Crippen LogP contribution is -2.33. The Morgan fingerprint density at radius 2 is 1.63 bits per heavy atom. The molecule has 0 aromatic heterocycles. The molecule has 1 heterocycles. The molecule has 9 heteroatoms. The van der Waals surface area contributed by atoms with Crippen LogP contribution in [0.5, 0.6) is 0 Å². The second kappa shape index (κ2) is 16.2. The minimum atomic E-state index is -0.877. The van der Waals surface area contributed by atoms with Crippen LogP contribution in [-0.2, 0) is 19.1 Å². The van der Waals surface area contributed by atoms with Gasteiger partial charge in [-0.3, -0.25) is 10.1 Å². The second-order valence-electron chi connectivity index (χ2n) is 9.61. The predicted octanol–water partition coefficient (Wildman–Crippen LogP) is 5.34. The lowest BCUT2D eigenvalue weighted by Gasteiger charge is -2.30. The van der Waals surface area contributed by atoms with Crippen molar-refractivity contribution in [2.75, 3.05) is 19.8 Å². The molecule has 0 saturated carbocycles. The van der Waals surface area contributed by atoms with E-state index in [0.29, 0.717) is 29.5 Å². The van der Waals surface area contributed by atoms with Gasteiger partial charge in [0.15, 0.2) is 0 Å². The van der Waals surface area contributed by atoms with Gasteiger partial charge in [0.25, 0.3) is 5.69 Å². The number of nitro benzene ring substituents is 1. The van der Waals surface area contributed by atoms with Gasteiger partial charge in [0.05, 0.1) is 28.6 Å². The van der Waals surface area contributed by atoms with Gasteiger partial charge >= 0.3 is 11.9 Å². The van der Waals surface area contributed by atoms with E-state index in [2.05, 4.69) is 5.32 Å². The van der Waals surface area contributed by atoms with Crippen LogP contribution in [0.15, 0.2) is 71.1 Å². The number of benzene rings is 1. The van der Waals surface area contributed by atoms with Crippen molar-refractivity contribution >= 4 is 17.6 Å². The summed E-state index contributed by atoms with van der Waals surface area (Å²) in [6.07, 6.45) is 7.09. The fourth-order valence-electron chi connectivity index (χ4n) is 3.45. The molecule has 1 atom stereocenters. The second-order valence-corrected chi connectivity index (χ2v) is 9.61. The Morgan fingerprint density at radius 1 is 1.05 bits per heavy atom. The normalized spacial score (nSPS) is 15.6. The minimum Gasteiger partial charge on any atom is -0.462 e. The van der Waals surface area contributed by atoms with Crippen LogP contribution in [0.25, 0.3) is 0 Å². The Bertz CT molecular complexity index is 1100. The van der Waals surface area contributed by atoms with E-state index < -0.39 is 22.8 Å². The Labute approximate surface area is 225 Å². The van der Waals surface area contributed by atoms with E-state index in [1.54, 1.807) is 38.1 Å². The van der Waals surface area contributed by atoms with Gasteiger partial charge < -0.3 is 19.9 Å². The van der Waals surface area contributed by atoms with Gasteiger partial charge in [-0.05, 0) is 44.2 Å². The number of aliphatic hydroxyl groups is 1. The smallest absolute Gasteiger partial charge is 0.337 e. The monoisotopic (exact) mass is 528 g/mol. The number of non-ortho nitro benzene ring substituents is 1. The van der Waals surface area contributed by atoms with Crippen LogP contribution in [0, 0.1) is 22.0 Å². The van der Waals surface area contributed by atoms with E-state index in [1.165, 1.54) is 18.2 Å². The molecule has 0 fully saturated rings. The highest BCUT2D eigenvalue weighted by Gasteiger charge is 2.38. The van der Waals surface area contributed by atoms with Gasteiger partial charge in [-0.15, -0.1) is 0 Å². The molecule has 38 heavy (non-hydrogen) atoms. The molecule has 0 spiro atoms. The first-order chi connectivity index (χ1) is 17.9. The maximum Gasteiger partial charge on any atom is 0.337 e. The Kier molecular flexibility index (Phi) is 13.8. The third-order valence-corrected chi connectivity index (χ3v) is 5.28. The van der Waals surface area contributed by atoms with Gasteiger partial charge in [0.2, 0.25) is 0 Å². The van der Waals surface area contributed by atoms with E-state index >= 15 is 0 Å². The molecule has 2 rings (SSSR count). The third kappa shape index (κ3) is 9.97. The van der Waals surface area contributed by atoms with E-state index in [9.17, 15) is 19.7 Å². The number of hydrogen-bond donors (Lipinski definition) is 2. The number of ether oxygens (including phenoxy) is 2. The molecule has 2 N–H and O–H groups in total. The summed E-state index contributed by atoms with van der Waals surface area (Å²) in [7, 11) is 0. The fourth-order valence-corrected chi connectivity index (χ4v) is 3.45. The number of allylic oxidation sites excluding steroid dienone is 5. The Hall–Kier alpha value is -3.72. The average Bonchev–Trinajstić information content (AvgIpc) is 2.86. The van der Waals surface area contributed by atoms with E-state index in [-0.39, 0.29) is 36.0 Å². The number of carbonyl (C=O) groups is 2. The van der Waals surface area contributed by atoms with Gasteiger partial charge in [-0.1, -0.05) is 58.1 Å². The van der Waals surface area contributed by atoms with Crippen LogP contribution in [0.3, 0.4) is 0 Å². The molecule has 1 aliphatic rings. The molecule has 1 aromatic rings. The van der Waals surface area contributed by atoms with Crippen LogP contribution in [0.1, 0.15) is 59.9 Å². The fraction of sp³-hybridized carbons (Fsp3) is 0.448. The number of esters is 2. The molecule has 9 nitrogen and oxygen atoms in total. The van der Waals surface area contributed by atoms with Gasteiger partial charge in [-0.25, -0.2) is 9.59 Å². The molecular formula is C29H40N2O7. The SMILES string of the molecule is CC(C)CO.CC=CC=CCOC(=O)C1=C(C)NC(C)=C(C(=O)OCC(C)C)C1c1cccc([N+](=O)[O-])c1. The lowest BCUT2D eigenvalue weighted by atomic mass is 9.80. The predicted molar refractivity (Wildman–Crippen MR) is 147 cm³/mol. The summed E-state index contributed by atoms with van der Waals surface area (Å²) in [6, 6.07) is 5.91. The molecule has 1 unspecified atom stereocenters. The summed E-state index contributed by atoms with van der Waals surface area (Å²) in [5.74, 6) is -1.53. The van der Waals surface area contributed by atoms with Crippen LogP contribution in [0.2, 0.25) is 0 Å². The molecule has 0 saturated heterocycles. The van der Waals surface area contributed by atoms with Crippen molar-refractivity contribution < 1.29 is 29.1 Å². The molecule has 208 valence electrons. The largest absolute Gasteiger partial charge is 0.462 e. The maximum atomic E-state index is 13.1. The number of rotatable bonds is 10. The molecular weight excluding hydrogens is 488 g/mol. The molecule has 0 radical (unpaired) electrons. The van der Waals surface area contributed by atoms with Crippen LogP contribution >= 0.6 is 0 Å². The van der Waals surface area contributed by atoms with Crippen molar-refractivity contribution in [3.05, 3.63) is 86.8 Å². The summed E-state index contributed by atoms with van der Waals surface area (Å²) < 4.78 is 10.9. The summed E-state index contributed by atoms with van der Waals surface area (Å²) >= 11 is 0. The van der Waals surface area contributed by atoms with Gasteiger partial charge in [0, 0.05) is 30.1 Å². The third-order valence-electron chi connectivity index (χ3n) is 5.28. The topological polar surface area (TPSA) is 128 Å². The maximum absolute atomic E-state index is 13.1. The van der Waals surface area contributed by atoms with Gasteiger partial charge in [-0.2, -0.15) is 0 Å². The number of nitrogens with one attached hydrogen (secondary N) is 1. The Balaban J connectivity index is 0.00000132. The van der Waals surface area contributed by atoms with Crippen molar-refractivity contribution in [2.45, 2.75) is 54.4 Å². The highest BCUT2D eigenvalue weighted by atomic mass is 16.6. The van der Waals surface area contributed by atoms with E-state index in [0.717, 1.165) is 0 Å². The lowest BCUT2D eigenvalue weighted by molar-refractivity contribution is -0.384. The summed E-state index contributed by atoms with van der Waals surface area (Å²) in [6.45, 7) is 13.6. The van der Waals surface area contributed by atoms with E-state index in [1.807, 2.05) is 40.7 Å². The molecule has 0 bridgehead atoms. The highest BCUT2D eigenvalue weighted by Crippen LogP contribution is 2.40. The van der Waals surface area contributed by atoms with Crippen LogP contribution in [-0.4, -0.2) is 41.8 Å². The Morgan fingerprint density at radius 3 is 2.13 bits per heavy atom. The molecule has 0 amide bonds. The zero-order chi connectivity index (χ0) is 28.8. The standard InChI is InChI=1S/C25H30N2O6.C4H10O/c1-6-7-8-9-13-32-24(28)21-17(4)26-18(5)22(25(29)33-15-16(2)3)23(21)19-11-10-12-20(14-19)27(30)31;1-4(2)3-5/h6-12,14,16,23,26H,13,15H2,1-5H3;4-5H,3H2,1-2H3. The summed E-state index contributed by atoms with van der Waals surface area (Å²) in [5.41, 5.74) is 1.74. The zero-order valence-electron chi connectivity index (χ0n) is 23.3.